The van der Waals surface area contributed by atoms with Gasteiger partial charge in [-0.1, -0.05) is 333 Å². The van der Waals surface area contributed by atoms with Gasteiger partial charge in [-0.25, -0.2) is 24.9 Å². The summed E-state index contributed by atoms with van der Waals surface area (Å²) < 4.78 is 22.2. The van der Waals surface area contributed by atoms with E-state index < -0.39 is 0 Å². The molecule has 132 heavy (non-hydrogen) atoms. The zero-order chi connectivity index (χ0) is 90.2. The van der Waals surface area contributed by atoms with Gasteiger partial charge in [0.15, 0.2) is 5.78 Å². The van der Waals surface area contributed by atoms with Crippen LogP contribution in [0.2, 0.25) is 5.28 Å². The van der Waals surface area contributed by atoms with E-state index in [2.05, 4.69) is 365 Å². The van der Waals surface area contributed by atoms with E-state index in [0.717, 1.165) is 159 Å². The molecule has 0 bridgehead atoms. The lowest BCUT2D eigenvalue weighted by molar-refractivity contribution is 0.00578. The Labute approximate surface area is 796 Å². The molecule has 18 aromatic carbocycles. The predicted molar refractivity (Wildman–Crippen MR) is 557 cm³/mol. The summed E-state index contributed by atoms with van der Waals surface area (Å²) in [6.07, 6.45) is 0.379. The quantitative estimate of drug-likeness (QED) is 0.0490. The van der Waals surface area contributed by atoms with E-state index in [1.807, 2.05) is 170 Å². The second-order valence-corrected chi connectivity index (χ2v) is 36.1. The molecule has 0 spiro atoms. The minimum atomic E-state index is -0.364. The second-order valence-electron chi connectivity index (χ2n) is 33.1. The molecule has 0 amide bonds. The van der Waals surface area contributed by atoms with Crippen LogP contribution in [-0.4, -0.2) is 62.7 Å². The number of nitrogens with one attached hydrogen (secondary N) is 1. The Morgan fingerprint density at radius 2 is 0.667 bits per heavy atom. The second kappa shape index (κ2) is 38.8. The van der Waals surface area contributed by atoms with Crippen LogP contribution in [0.15, 0.2) is 444 Å². The van der Waals surface area contributed by atoms with Gasteiger partial charge in [0, 0.05) is 81.7 Å². The fourth-order valence-electron chi connectivity index (χ4n) is 16.8. The highest BCUT2D eigenvalue weighted by Gasteiger charge is 2.51. The van der Waals surface area contributed by atoms with Gasteiger partial charge >= 0.3 is 7.12 Å². The smallest absolute Gasteiger partial charge is 0.399 e. The van der Waals surface area contributed by atoms with Gasteiger partial charge in [-0.2, -0.15) is 0 Å². The highest BCUT2D eigenvalue weighted by atomic mass is 79.9. The summed E-state index contributed by atoms with van der Waals surface area (Å²) in [5, 5.41) is 13.1. The molecule has 1 saturated heterocycles. The number of Topliss-reactive ketones (excluding diaryl/α,β-unsaturated/α-hetero) is 1. The number of para-hydroxylation sites is 7. The first-order valence-corrected chi connectivity index (χ1v) is 46.4. The average Bonchev–Trinajstić information content (AvgIpc) is 1.29. The normalized spacial score (nSPS) is 12.5. The Balaban J connectivity index is 0.000000108. The van der Waals surface area contributed by atoms with Gasteiger partial charge in [-0.15, -0.1) is 0 Å². The maximum Gasteiger partial charge on any atom is 0.494 e. The lowest BCUT2D eigenvalue weighted by Gasteiger charge is -2.32. The Bertz CT molecular complexity index is 7590. The molecule has 1 fully saturated rings. The third-order valence-electron chi connectivity index (χ3n) is 24.0. The van der Waals surface area contributed by atoms with Crippen molar-refractivity contribution >= 4 is 165 Å². The molecule has 1 aliphatic rings. The van der Waals surface area contributed by atoms with Crippen molar-refractivity contribution in [2.45, 2.75) is 45.3 Å². The van der Waals surface area contributed by atoms with Gasteiger partial charge in [0.1, 0.15) is 17.5 Å². The number of halogens is 4. The van der Waals surface area contributed by atoms with Crippen LogP contribution in [0.4, 0.5) is 11.4 Å². The standard InChI is InChI=1S/C32H19ClN2.C25H25BN2O2.C20H16BrNO.2C19H13BrN2/c33-32-34-30(28-17-20-9-1-3-11-22(20)24-13-5-7-15-26(24)28)19-31(35-32)29-18-21-10-2-4-12-23(21)25-14-6-8-16-27(25)29;1-24(2)25(3,4)30-26(29-24)19-14-16-20(17-15-19)28-22-13-9-8-12-21(22)27-23(28)18-10-6-5-7-11-18;21-17-10-12-18(13-11-17)22-19-9-5-4-8-16(19)14-20(23)15-6-2-1-3-7-15;2*20-15-10-12-16(13-11-15)22-18-9-5-4-8-17(18)21-19(22)14-6-2-1-3-7-14/h1-19H;5-17H,1-4H3;1-13,22H,14H2;2*1-13H. The number of carbonyl (C=O) groups excluding carboxylic acids is 1. The zero-order valence-electron chi connectivity index (χ0n) is 72.6. The summed E-state index contributed by atoms with van der Waals surface area (Å²) in [5.74, 6) is 2.98. The van der Waals surface area contributed by atoms with Crippen LogP contribution in [0.25, 0.3) is 150 Å². The molecule has 0 atom stereocenters. The largest absolute Gasteiger partial charge is 0.494 e. The highest BCUT2D eigenvalue weighted by molar-refractivity contribution is 9.11. The van der Waals surface area contributed by atoms with Crippen LogP contribution >= 0.6 is 59.4 Å². The fraction of sp³-hybridized carbons (Fsp3) is 0.0609. The molecular formula is C115H86BBr3ClN9O3. The van der Waals surface area contributed by atoms with E-state index in [1.165, 1.54) is 32.3 Å². The van der Waals surface area contributed by atoms with Gasteiger partial charge in [0.05, 0.1) is 55.7 Å². The summed E-state index contributed by atoms with van der Waals surface area (Å²) in [6, 6.07) is 146. The minimum absolute atomic E-state index is 0.121. The number of aromatic nitrogens is 8. The first kappa shape index (κ1) is 87.0. The summed E-state index contributed by atoms with van der Waals surface area (Å²) in [4.78, 5) is 36.4. The number of ketones is 1. The van der Waals surface area contributed by atoms with Crippen LogP contribution in [0.5, 0.6) is 0 Å². The third-order valence-corrected chi connectivity index (χ3v) is 25.8. The van der Waals surface area contributed by atoms with Gasteiger partial charge in [0.25, 0.3) is 0 Å². The molecule has 0 aliphatic carbocycles. The lowest BCUT2D eigenvalue weighted by atomic mass is 9.79. The summed E-state index contributed by atoms with van der Waals surface area (Å²) in [7, 11) is -0.364. The molecule has 0 saturated carbocycles. The SMILES string of the molecule is Brc1ccc(-n2c(-c3ccccc3)nc3ccccc32)cc1.Brc1ccc(-n2c(-c3ccccc3)nc3ccccc32)cc1.CC1(C)OB(c2ccc(-n3c(-c4ccccc4)nc4ccccc43)cc2)OC1(C)C.Clc1nc(-c2cc3ccccc3c3ccccc23)cc(-c2cc3ccccc3c3ccccc23)n1.O=C(Cc1ccccc1Nc1ccc(Br)cc1)c1ccccc1. The maximum absolute atomic E-state index is 12.4. The topological polar surface area (TPSA) is 127 Å². The van der Waals surface area contributed by atoms with Crippen molar-refractivity contribution in [3.05, 3.63) is 461 Å². The van der Waals surface area contributed by atoms with Crippen LogP contribution in [-0.2, 0) is 15.7 Å². The number of benzene rings is 18. The van der Waals surface area contributed by atoms with Gasteiger partial charge in [-0.3, -0.25) is 18.5 Å². The van der Waals surface area contributed by atoms with E-state index >= 15 is 0 Å². The molecular weight excluding hydrogens is 1840 g/mol. The Hall–Kier alpha value is -14.3. The summed E-state index contributed by atoms with van der Waals surface area (Å²) >= 11 is 17.0. The number of nitrogens with zero attached hydrogens (tertiary/aromatic N) is 8. The summed E-state index contributed by atoms with van der Waals surface area (Å²) in [5.41, 5.74) is 20.6. The number of hydrogen-bond donors (Lipinski definition) is 1. The van der Waals surface area contributed by atoms with E-state index in [0.29, 0.717) is 6.42 Å². The Morgan fingerprint density at radius 3 is 1.08 bits per heavy atom. The van der Waals surface area contributed by atoms with Gasteiger partial charge in [0.2, 0.25) is 5.28 Å². The van der Waals surface area contributed by atoms with Crippen molar-refractivity contribution in [3.63, 3.8) is 0 Å². The Morgan fingerprint density at radius 1 is 0.341 bits per heavy atom. The van der Waals surface area contributed by atoms with Crippen LogP contribution in [0.3, 0.4) is 0 Å². The molecule has 1 aliphatic heterocycles. The number of rotatable bonds is 14. The molecule has 0 unspecified atom stereocenters. The van der Waals surface area contributed by atoms with Gasteiger partial charge < -0.3 is 14.6 Å². The first-order chi connectivity index (χ1) is 64.5. The monoisotopic (exact) mass is 1920 g/mol. The molecule has 640 valence electrons. The van der Waals surface area contributed by atoms with E-state index in [4.69, 9.17) is 35.9 Å². The number of hydrogen-bond acceptors (Lipinski definition) is 9. The Kier molecular flexibility index (Phi) is 25.6. The van der Waals surface area contributed by atoms with Crippen molar-refractivity contribution in [2.75, 3.05) is 5.32 Å². The number of anilines is 2. The molecule has 4 aromatic heterocycles. The van der Waals surface area contributed by atoms with Crippen LogP contribution in [0, 0.1) is 0 Å². The van der Waals surface area contributed by atoms with Crippen molar-refractivity contribution < 1.29 is 14.1 Å². The van der Waals surface area contributed by atoms with E-state index in [-0.39, 0.29) is 29.4 Å². The number of imidazole rings is 3. The number of carbonyl (C=O) groups is 1. The number of fused-ring (bicyclic) bond motifs is 9. The molecule has 12 nitrogen and oxygen atoms in total. The minimum Gasteiger partial charge on any atom is -0.399 e. The third kappa shape index (κ3) is 18.8. The maximum atomic E-state index is 12.4. The van der Waals surface area contributed by atoms with Crippen LogP contribution < -0.4 is 10.8 Å². The molecule has 0 radical (unpaired) electrons. The molecule has 17 heteroatoms. The van der Waals surface area contributed by atoms with E-state index in [9.17, 15) is 4.79 Å². The zero-order valence-corrected chi connectivity index (χ0v) is 78.1. The van der Waals surface area contributed by atoms with Crippen molar-refractivity contribution in [1.29, 1.82) is 0 Å². The average molecular weight is 1930 g/mol. The molecule has 5 heterocycles. The van der Waals surface area contributed by atoms with Crippen molar-refractivity contribution in [3.8, 4) is 73.7 Å². The lowest BCUT2D eigenvalue weighted by Crippen LogP contribution is -2.41. The molecule has 1 N–H and O–H groups in total. The molecule has 23 rings (SSSR count). The van der Waals surface area contributed by atoms with E-state index in [1.54, 1.807) is 0 Å². The van der Waals surface area contributed by atoms with Crippen LogP contribution in [0.1, 0.15) is 43.6 Å². The first-order valence-electron chi connectivity index (χ1n) is 43.6. The fourth-order valence-corrected chi connectivity index (χ4v) is 17.7. The predicted octanol–water partition coefficient (Wildman–Crippen LogP) is 30.6. The van der Waals surface area contributed by atoms with Crippen molar-refractivity contribution in [1.82, 2.24) is 38.6 Å². The molecule has 22 aromatic rings. The highest BCUT2D eigenvalue weighted by Crippen LogP contribution is 2.42. The van der Waals surface area contributed by atoms with Gasteiger partial charge in [-0.05, 0) is 239 Å². The summed E-state index contributed by atoms with van der Waals surface area (Å²) in [6.45, 7) is 8.30. The van der Waals surface area contributed by atoms with Crippen molar-refractivity contribution in [2.24, 2.45) is 0 Å².